The molecule has 0 aliphatic rings. The lowest BCUT2D eigenvalue weighted by Crippen LogP contribution is -2.29. The summed E-state index contributed by atoms with van der Waals surface area (Å²) in [6.45, 7) is 4.10. The first-order chi connectivity index (χ1) is 6.25. The highest BCUT2D eigenvalue weighted by molar-refractivity contribution is 4.78. The van der Waals surface area contributed by atoms with E-state index in [1.54, 1.807) is 7.11 Å². The van der Waals surface area contributed by atoms with Crippen LogP contribution < -0.4 is 4.57 Å². The molecule has 0 atom stereocenters. The molecule has 1 aromatic rings. The third kappa shape index (κ3) is 2.84. The van der Waals surface area contributed by atoms with Crippen molar-refractivity contribution in [3.05, 3.63) is 18.2 Å². The van der Waals surface area contributed by atoms with Gasteiger partial charge in [-0.25, -0.2) is 9.13 Å². The van der Waals surface area contributed by atoms with Gasteiger partial charge >= 0.3 is 0 Å². The van der Waals surface area contributed by atoms with E-state index in [0.29, 0.717) is 0 Å². The van der Waals surface area contributed by atoms with E-state index in [1.165, 1.54) is 12.2 Å². The molecule has 0 aliphatic heterocycles. The van der Waals surface area contributed by atoms with E-state index in [2.05, 4.69) is 35.5 Å². The number of aryl methyl sites for hydroxylation is 2. The fraction of sp³-hybridized carbons (Fsp3) is 0.700. The third-order valence-electron chi connectivity index (χ3n) is 2.39. The second-order valence-corrected chi connectivity index (χ2v) is 3.35. The summed E-state index contributed by atoms with van der Waals surface area (Å²) in [4.78, 5) is 0. The lowest BCUT2D eigenvalue weighted by atomic mass is 10.3. The van der Waals surface area contributed by atoms with Gasteiger partial charge in [0.25, 0.3) is 5.82 Å². The van der Waals surface area contributed by atoms with Crippen molar-refractivity contribution in [2.45, 2.75) is 26.3 Å². The molecular weight excluding hydrogens is 164 g/mol. The Labute approximate surface area is 79.9 Å². The Morgan fingerprint density at radius 1 is 1.46 bits per heavy atom. The van der Waals surface area contributed by atoms with Crippen molar-refractivity contribution < 1.29 is 9.30 Å². The average molecular weight is 183 g/mol. The predicted molar refractivity (Wildman–Crippen MR) is 51.5 cm³/mol. The van der Waals surface area contributed by atoms with Crippen LogP contribution in [0.1, 0.15) is 18.7 Å². The van der Waals surface area contributed by atoms with Crippen LogP contribution in [-0.4, -0.2) is 18.3 Å². The zero-order chi connectivity index (χ0) is 9.68. The molecule has 0 aromatic carbocycles. The van der Waals surface area contributed by atoms with E-state index in [9.17, 15) is 0 Å². The minimum atomic E-state index is 0.868. The predicted octanol–water partition coefficient (Wildman–Crippen LogP) is 1.05. The summed E-state index contributed by atoms with van der Waals surface area (Å²) in [6, 6.07) is 0. The van der Waals surface area contributed by atoms with Gasteiger partial charge < -0.3 is 4.74 Å². The molecule has 0 N–H and O–H groups in total. The number of hydrogen-bond acceptors (Lipinski definition) is 1. The molecular formula is C10H19N2O+. The van der Waals surface area contributed by atoms with Crippen LogP contribution in [-0.2, 0) is 18.3 Å². The molecule has 0 fully saturated rings. The molecule has 0 unspecified atom stereocenters. The van der Waals surface area contributed by atoms with Gasteiger partial charge in [-0.1, -0.05) is 0 Å². The first-order valence-electron chi connectivity index (χ1n) is 4.76. The van der Waals surface area contributed by atoms with E-state index < -0.39 is 0 Å². The van der Waals surface area contributed by atoms with Gasteiger partial charge in [0.2, 0.25) is 0 Å². The van der Waals surface area contributed by atoms with Gasteiger partial charge in [-0.3, -0.25) is 0 Å². The summed E-state index contributed by atoms with van der Waals surface area (Å²) in [6.07, 6.45) is 6.54. The zero-order valence-electron chi connectivity index (χ0n) is 8.79. The van der Waals surface area contributed by atoms with Crippen LogP contribution in [0.15, 0.2) is 12.4 Å². The molecule has 0 saturated heterocycles. The van der Waals surface area contributed by atoms with E-state index in [4.69, 9.17) is 4.74 Å². The first-order valence-corrected chi connectivity index (χ1v) is 4.76. The number of nitrogens with zero attached hydrogens (tertiary/aromatic N) is 2. The van der Waals surface area contributed by atoms with Crippen LogP contribution >= 0.6 is 0 Å². The quantitative estimate of drug-likeness (QED) is 0.493. The Morgan fingerprint density at radius 2 is 2.23 bits per heavy atom. The monoisotopic (exact) mass is 183 g/mol. The maximum atomic E-state index is 5.00. The molecule has 3 heteroatoms. The topological polar surface area (TPSA) is 18.0 Å². The van der Waals surface area contributed by atoms with Crippen molar-refractivity contribution in [3.8, 4) is 0 Å². The molecule has 0 spiro atoms. The molecule has 74 valence electrons. The van der Waals surface area contributed by atoms with Gasteiger partial charge in [0, 0.05) is 20.6 Å². The summed E-state index contributed by atoms with van der Waals surface area (Å²) in [5, 5.41) is 0. The molecule has 0 radical (unpaired) electrons. The Kier molecular flexibility index (Phi) is 3.96. The second-order valence-electron chi connectivity index (χ2n) is 3.35. The van der Waals surface area contributed by atoms with E-state index in [0.717, 1.165) is 19.6 Å². The molecule has 0 saturated carbocycles. The number of unbranched alkanes of at least 4 members (excludes halogenated alkanes) is 1. The standard InChI is InChI=1S/C10H19N2O/c1-10-11(2)7-8-12(10)6-4-5-9-13-3/h7-8H,4-6,9H2,1-3H3/q+1. The van der Waals surface area contributed by atoms with Crippen molar-refractivity contribution in [1.29, 1.82) is 0 Å². The number of imidazole rings is 1. The van der Waals surface area contributed by atoms with Crippen molar-refractivity contribution in [1.82, 2.24) is 4.57 Å². The van der Waals surface area contributed by atoms with E-state index in [-0.39, 0.29) is 0 Å². The summed E-state index contributed by atoms with van der Waals surface area (Å²) >= 11 is 0. The molecule has 3 nitrogen and oxygen atoms in total. The minimum Gasteiger partial charge on any atom is -0.385 e. The molecule has 1 heterocycles. The molecule has 13 heavy (non-hydrogen) atoms. The van der Waals surface area contributed by atoms with Gasteiger partial charge in [-0.05, 0) is 12.8 Å². The first kappa shape index (κ1) is 10.3. The van der Waals surface area contributed by atoms with Crippen molar-refractivity contribution in [2.75, 3.05) is 13.7 Å². The van der Waals surface area contributed by atoms with Gasteiger partial charge in [0.15, 0.2) is 0 Å². The lowest BCUT2D eigenvalue weighted by Gasteiger charge is -1.99. The van der Waals surface area contributed by atoms with Crippen molar-refractivity contribution in [2.24, 2.45) is 7.05 Å². The molecule has 0 bridgehead atoms. The van der Waals surface area contributed by atoms with E-state index in [1.807, 2.05) is 0 Å². The van der Waals surface area contributed by atoms with Crippen LogP contribution in [0, 0.1) is 6.92 Å². The number of ether oxygens (including phenoxy) is 1. The highest BCUT2D eigenvalue weighted by Crippen LogP contribution is 1.98. The summed E-state index contributed by atoms with van der Waals surface area (Å²) in [7, 11) is 3.82. The Hall–Kier alpha value is -0.830. The smallest absolute Gasteiger partial charge is 0.253 e. The summed E-state index contributed by atoms with van der Waals surface area (Å²) in [5.74, 6) is 1.30. The molecule has 0 amide bonds. The van der Waals surface area contributed by atoms with Crippen LogP contribution in [0.25, 0.3) is 0 Å². The van der Waals surface area contributed by atoms with Crippen LogP contribution in [0.3, 0.4) is 0 Å². The largest absolute Gasteiger partial charge is 0.385 e. The Balaban J connectivity index is 2.32. The Bertz CT molecular complexity index is 255. The van der Waals surface area contributed by atoms with Crippen LogP contribution in [0.2, 0.25) is 0 Å². The number of aromatic nitrogens is 2. The molecule has 0 aliphatic carbocycles. The number of hydrogen-bond donors (Lipinski definition) is 0. The minimum absolute atomic E-state index is 0.868. The van der Waals surface area contributed by atoms with E-state index >= 15 is 0 Å². The SMILES string of the molecule is COCCCCn1cc[n+](C)c1C. The average Bonchev–Trinajstić information content (AvgIpc) is 2.43. The summed E-state index contributed by atoms with van der Waals surface area (Å²) < 4.78 is 9.41. The highest BCUT2D eigenvalue weighted by Gasteiger charge is 2.06. The number of methoxy groups -OCH3 is 1. The van der Waals surface area contributed by atoms with Crippen molar-refractivity contribution >= 4 is 0 Å². The molecule has 1 rings (SSSR count). The Morgan fingerprint density at radius 3 is 2.77 bits per heavy atom. The lowest BCUT2D eigenvalue weighted by molar-refractivity contribution is -0.677. The maximum Gasteiger partial charge on any atom is 0.253 e. The van der Waals surface area contributed by atoms with Crippen LogP contribution in [0.5, 0.6) is 0 Å². The van der Waals surface area contributed by atoms with Gasteiger partial charge in [0.1, 0.15) is 12.4 Å². The van der Waals surface area contributed by atoms with Crippen LogP contribution in [0.4, 0.5) is 0 Å². The maximum absolute atomic E-state index is 5.00. The molecule has 1 aromatic heterocycles. The zero-order valence-corrected chi connectivity index (χ0v) is 8.79. The fourth-order valence-corrected chi connectivity index (χ4v) is 1.36. The number of rotatable bonds is 5. The van der Waals surface area contributed by atoms with Gasteiger partial charge in [-0.15, -0.1) is 0 Å². The fourth-order valence-electron chi connectivity index (χ4n) is 1.36. The van der Waals surface area contributed by atoms with Gasteiger partial charge in [-0.2, -0.15) is 0 Å². The normalized spacial score (nSPS) is 10.7. The van der Waals surface area contributed by atoms with Gasteiger partial charge in [0.05, 0.1) is 13.6 Å². The second kappa shape index (κ2) is 5.02. The summed E-state index contributed by atoms with van der Waals surface area (Å²) in [5.41, 5.74) is 0. The third-order valence-corrected chi connectivity index (χ3v) is 2.39. The highest BCUT2D eigenvalue weighted by atomic mass is 16.5. The van der Waals surface area contributed by atoms with Crippen molar-refractivity contribution in [3.63, 3.8) is 0 Å².